The minimum atomic E-state index is 1.09. The van der Waals surface area contributed by atoms with E-state index in [4.69, 9.17) is 0 Å². The Labute approximate surface area is 139 Å². The number of rotatable bonds is 12. The van der Waals surface area contributed by atoms with Crippen LogP contribution in [0.1, 0.15) is 79.1 Å². The van der Waals surface area contributed by atoms with Gasteiger partial charge in [-0.2, -0.15) is 0 Å². The molecule has 0 atom stereocenters. The van der Waals surface area contributed by atoms with Gasteiger partial charge >= 0.3 is 0 Å². The first kappa shape index (κ1) is 20.7. The number of allylic oxidation sites excluding steroid dienone is 8. The highest BCUT2D eigenvalue weighted by molar-refractivity contribution is 5.06. The average Bonchev–Trinajstić information content (AvgIpc) is 2.44. The van der Waals surface area contributed by atoms with Gasteiger partial charge in [0.2, 0.25) is 0 Å². The zero-order valence-electron chi connectivity index (χ0n) is 15.4. The standard InChI is InChI=1S/C22H36/c1-7-8-13-20(4)15-10-17-22(6)18-11-16-21(5)14-9-12-19(2)3/h7,14-15,18H,1-2,8-13,16-17H2,3-6H3. The van der Waals surface area contributed by atoms with Crippen LogP contribution in [0.4, 0.5) is 0 Å². The molecule has 0 aromatic heterocycles. The summed E-state index contributed by atoms with van der Waals surface area (Å²) in [5.74, 6) is 0. The van der Waals surface area contributed by atoms with Gasteiger partial charge in [-0.3, -0.25) is 0 Å². The normalized spacial score (nSPS) is 13.4. The van der Waals surface area contributed by atoms with Crippen LogP contribution >= 0.6 is 0 Å². The third-order valence-corrected chi connectivity index (χ3v) is 3.87. The number of hydrogen-bond donors (Lipinski definition) is 0. The molecular weight excluding hydrogens is 264 g/mol. The Morgan fingerprint density at radius 3 is 1.36 bits per heavy atom. The maximum atomic E-state index is 3.95. The smallest absolute Gasteiger partial charge is 0.0288 e. The molecule has 0 aliphatic carbocycles. The predicted molar refractivity (Wildman–Crippen MR) is 103 cm³/mol. The van der Waals surface area contributed by atoms with E-state index in [9.17, 15) is 0 Å². The Morgan fingerprint density at radius 2 is 1.00 bits per heavy atom. The third-order valence-electron chi connectivity index (χ3n) is 3.87. The summed E-state index contributed by atoms with van der Waals surface area (Å²) in [6.07, 6.45) is 18.3. The van der Waals surface area contributed by atoms with Crippen molar-refractivity contribution in [3.63, 3.8) is 0 Å². The monoisotopic (exact) mass is 300 g/mol. The first-order valence-electron chi connectivity index (χ1n) is 8.68. The summed E-state index contributed by atoms with van der Waals surface area (Å²) >= 11 is 0. The highest BCUT2D eigenvalue weighted by Gasteiger charge is 1.93. The second kappa shape index (κ2) is 13.4. The molecule has 0 unspecified atom stereocenters. The molecule has 0 aliphatic rings. The Kier molecular flexibility index (Phi) is 12.6. The lowest BCUT2D eigenvalue weighted by atomic mass is 10.0. The van der Waals surface area contributed by atoms with Crippen LogP contribution in [0.25, 0.3) is 0 Å². The summed E-state index contributed by atoms with van der Waals surface area (Å²) in [5.41, 5.74) is 5.79. The van der Waals surface area contributed by atoms with Crippen LogP contribution < -0.4 is 0 Å². The molecule has 0 bridgehead atoms. The van der Waals surface area contributed by atoms with Gasteiger partial charge in [-0.1, -0.05) is 46.6 Å². The van der Waals surface area contributed by atoms with E-state index >= 15 is 0 Å². The largest absolute Gasteiger partial charge is 0.103 e. The first-order chi connectivity index (χ1) is 10.5. The molecule has 0 aromatic rings. The highest BCUT2D eigenvalue weighted by atomic mass is 14.0. The maximum Gasteiger partial charge on any atom is -0.0288 e. The first-order valence-corrected chi connectivity index (χ1v) is 8.68. The van der Waals surface area contributed by atoms with Crippen LogP contribution in [0.3, 0.4) is 0 Å². The highest BCUT2D eigenvalue weighted by Crippen LogP contribution is 2.14. The van der Waals surface area contributed by atoms with Crippen molar-refractivity contribution in [2.45, 2.75) is 79.1 Å². The van der Waals surface area contributed by atoms with Crippen molar-refractivity contribution in [3.05, 3.63) is 59.8 Å². The fourth-order valence-corrected chi connectivity index (χ4v) is 2.29. The molecular formula is C22H36. The molecule has 0 fully saturated rings. The van der Waals surface area contributed by atoms with Crippen LogP contribution in [0.15, 0.2) is 59.8 Å². The lowest BCUT2D eigenvalue weighted by Gasteiger charge is -2.02. The van der Waals surface area contributed by atoms with E-state index in [-0.39, 0.29) is 0 Å². The molecule has 0 saturated heterocycles. The lowest BCUT2D eigenvalue weighted by molar-refractivity contribution is 0.893. The zero-order valence-corrected chi connectivity index (χ0v) is 15.4. The molecule has 0 aromatic carbocycles. The van der Waals surface area contributed by atoms with Crippen molar-refractivity contribution in [3.8, 4) is 0 Å². The third kappa shape index (κ3) is 13.7. The molecule has 22 heavy (non-hydrogen) atoms. The summed E-state index contributed by atoms with van der Waals surface area (Å²) in [5, 5.41) is 0. The van der Waals surface area contributed by atoms with Gasteiger partial charge in [-0.25, -0.2) is 0 Å². The van der Waals surface area contributed by atoms with Gasteiger partial charge in [0.25, 0.3) is 0 Å². The topological polar surface area (TPSA) is 0 Å². The second-order valence-electron chi connectivity index (χ2n) is 6.55. The molecule has 0 N–H and O–H groups in total. The van der Waals surface area contributed by atoms with E-state index in [2.05, 4.69) is 59.1 Å². The Bertz CT molecular complexity index is 415. The van der Waals surface area contributed by atoms with Crippen molar-refractivity contribution in [2.24, 2.45) is 0 Å². The molecule has 0 heteroatoms. The summed E-state index contributed by atoms with van der Waals surface area (Å²) in [6.45, 7) is 16.5. The minimum absolute atomic E-state index is 1.09. The number of hydrogen-bond acceptors (Lipinski definition) is 0. The van der Waals surface area contributed by atoms with Gasteiger partial charge in [0.05, 0.1) is 0 Å². The SMILES string of the molecule is C=CCCC(C)=CCCC(C)=CCCC(C)=CCCC(=C)C. The van der Waals surface area contributed by atoms with Gasteiger partial charge in [-0.05, 0) is 79.1 Å². The molecule has 0 amide bonds. The van der Waals surface area contributed by atoms with E-state index in [1.807, 2.05) is 6.08 Å². The van der Waals surface area contributed by atoms with Gasteiger partial charge in [0, 0.05) is 0 Å². The summed E-state index contributed by atoms with van der Waals surface area (Å²) in [6, 6.07) is 0. The Hall–Kier alpha value is -1.30. The molecule has 0 aliphatic heterocycles. The van der Waals surface area contributed by atoms with Gasteiger partial charge < -0.3 is 0 Å². The average molecular weight is 301 g/mol. The summed E-state index contributed by atoms with van der Waals surface area (Å²) < 4.78 is 0. The molecule has 0 heterocycles. The van der Waals surface area contributed by atoms with Gasteiger partial charge in [0.15, 0.2) is 0 Å². The van der Waals surface area contributed by atoms with Crippen molar-refractivity contribution >= 4 is 0 Å². The van der Waals surface area contributed by atoms with Crippen molar-refractivity contribution in [1.82, 2.24) is 0 Å². The van der Waals surface area contributed by atoms with Crippen LogP contribution in [-0.2, 0) is 0 Å². The van der Waals surface area contributed by atoms with E-state index in [1.165, 1.54) is 48.0 Å². The Morgan fingerprint density at radius 1 is 0.636 bits per heavy atom. The minimum Gasteiger partial charge on any atom is -0.103 e. The lowest BCUT2D eigenvalue weighted by Crippen LogP contribution is -1.82. The molecule has 0 spiro atoms. The quantitative estimate of drug-likeness (QED) is 0.324. The van der Waals surface area contributed by atoms with Crippen LogP contribution in [0, 0.1) is 0 Å². The van der Waals surface area contributed by atoms with Crippen molar-refractivity contribution in [2.75, 3.05) is 0 Å². The Balaban J connectivity index is 3.93. The molecule has 0 saturated carbocycles. The molecule has 0 radical (unpaired) electrons. The summed E-state index contributed by atoms with van der Waals surface area (Å²) in [7, 11) is 0. The predicted octanol–water partition coefficient (Wildman–Crippen LogP) is 7.71. The van der Waals surface area contributed by atoms with E-state index in [0.717, 1.165) is 25.7 Å². The van der Waals surface area contributed by atoms with Crippen LogP contribution in [0.2, 0.25) is 0 Å². The van der Waals surface area contributed by atoms with Crippen LogP contribution in [-0.4, -0.2) is 0 Å². The fourth-order valence-electron chi connectivity index (χ4n) is 2.29. The fraction of sp³-hybridized carbons (Fsp3) is 0.545. The maximum absolute atomic E-state index is 3.95. The van der Waals surface area contributed by atoms with E-state index < -0.39 is 0 Å². The van der Waals surface area contributed by atoms with Crippen LogP contribution in [0.5, 0.6) is 0 Å². The van der Waals surface area contributed by atoms with Crippen molar-refractivity contribution in [1.29, 1.82) is 0 Å². The zero-order chi connectivity index (χ0) is 16.8. The van der Waals surface area contributed by atoms with Gasteiger partial charge in [0.1, 0.15) is 0 Å². The molecule has 0 nitrogen and oxygen atoms in total. The second-order valence-corrected chi connectivity index (χ2v) is 6.55. The molecule has 124 valence electrons. The molecule has 0 rings (SSSR count). The van der Waals surface area contributed by atoms with Gasteiger partial charge in [-0.15, -0.1) is 13.2 Å². The van der Waals surface area contributed by atoms with Crippen molar-refractivity contribution < 1.29 is 0 Å². The summed E-state index contributed by atoms with van der Waals surface area (Å²) in [4.78, 5) is 0. The van der Waals surface area contributed by atoms with E-state index in [0.29, 0.717) is 0 Å². The van der Waals surface area contributed by atoms with E-state index in [1.54, 1.807) is 0 Å².